The predicted octanol–water partition coefficient (Wildman–Crippen LogP) is 4.53. The standard InChI is InChI=1S/C25H44N2O3/c1-6-18(11-14-26-30-16-15-27(4)5)25(3)13-10-22-21(23(25)29)8-7-19-17-20(28)9-12-24(19,22)2/h14,18-22,28H,6-13,15-17H2,1-5H3/b26-14+/t18-,19-,20-,21?,22?,24-,25+/m0/s1. The zero-order chi connectivity index (χ0) is 21.9. The summed E-state index contributed by atoms with van der Waals surface area (Å²) in [7, 11) is 4.04. The second-order valence-corrected chi connectivity index (χ2v) is 11.0. The van der Waals surface area contributed by atoms with Crippen LogP contribution in [0.1, 0.15) is 78.6 Å². The molecule has 0 aromatic carbocycles. The minimum atomic E-state index is -0.247. The van der Waals surface area contributed by atoms with Crippen molar-refractivity contribution in [1.82, 2.24) is 4.90 Å². The van der Waals surface area contributed by atoms with Crippen molar-refractivity contribution in [3.8, 4) is 0 Å². The van der Waals surface area contributed by atoms with Gasteiger partial charge >= 0.3 is 0 Å². The molecular weight excluding hydrogens is 376 g/mol. The lowest BCUT2D eigenvalue weighted by Gasteiger charge is -2.58. The molecule has 0 saturated heterocycles. The van der Waals surface area contributed by atoms with Crippen LogP contribution in [0.4, 0.5) is 0 Å². The Hall–Kier alpha value is -0.940. The molecule has 0 aromatic heterocycles. The van der Waals surface area contributed by atoms with Gasteiger partial charge in [-0.25, -0.2) is 0 Å². The van der Waals surface area contributed by atoms with E-state index in [0.29, 0.717) is 30.1 Å². The molecule has 7 atom stereocenters. The van der Waals surface area contributed by atoms with E-state index in [1.807, 2.05) is 20.3 Å². The van der Waals surface area contributed by atoms with Crippen molar-refractivity contribution in [3.05, 3.63) is 0 Å². The number of aliphatic hydroxyl groups excluding tert-OH is 1. The van der Waals surface area contributed by atoms with Crippen LogP contribution in [-0.2, 0) is 9.63 Å². The molecule has 172 valence electrons. The summed E-state index contributed by atoms with van der Waals surface area (Å²) < 4.78 is 0. The number of aliphatic hydroxyl groups is 1. The number of carbonyl (C=O) groups is 1. The van der Waals surface area contributed by atoms with Gasteiger partial charge in [-0.05, 0) is 88.6 Å². The van der Waals surface area contributed by atoms with Crippen molar-refractivity contribution < 1.29 is 14.7 Å². The van der Waals surface area contributed by atoms with Crippen LogP contribution in [0.5, 0.6) is 0 Å². The summed E-state index contributed by atoms with van der Waals surface area (Å²) in [6, 6.07) is 0. The number of ketones is 1. The lowest BCUT2D eigenvalue weighted by Crippen LogP contribution is -2.56. The highest BCUT2D eigenvalue weighted by Gasteiger charge is 2.57. The van der Waals surface area contributed by atoms with Gasteiger partial charge in [-0.3, -0.25) is 4.79 Å². The highest BCUT2D eigenvalue weighted by Crippen LogP contribution is 2.61. The van der Waals surface area contributed by atoms with Gasteiger partial charge in [0.15, 0.2) is 0 Å². The third-order valence-corrected chi connectivity index (χ3v) is 9.10. The van der Waals surface area contributed by atoms with E-state index in [1.165, 1.54) is 0 Å². The predicted molar refractivity (Wildman–Crippen MR) is 121 cm³/mol. The third-order valence-electron chi connectivity index (χ3n) is 9.10. The zero-order valence-corrected chi connectivity index (χ0v) is 19.9. The second-order valence-electron chi connectivity index (χ2n) is 11.0. The zero-order valence-electron chi connectivity index (χ0n) is 19.9. The molecular formula is C25H44N2O3. The Morgan fingerprint density at radius 3 is 2.70 bits per heavy atom. The van der Waals surface area contributed by atoms with Gasteiger partial charge in [-0.15, -0.1) is 0 Å². The normalized spacial score (nSPS) is 40.3. The molecule has 5 nitrogen and oxygen atoms in total. The number of carbonyl (C=O) groups excluding carboxylic acids is 1. The molecule has 0 aliphatic heterocycles. The first-order valence-electron chi connectivity index (χ1n) is 12.2. The highest BCUT2D eigenvalue weighted by molar-refractivity contribution is 5.88. The van der Waals surface area contributed by atoms with Gasteiger partial charge in [0.2, 0.25) is 0 Å². The number of nitrogens with zero attached hydrogens (tertiary/aromatic N) is 2. The van der Waals surface area contributed by atoms with Crippen molar-refractivity contribution in [2.24, 2.45) is 39.7 Å². The third kappa shape index (κ3) is 4.62. The fraction of sp³-hybridized carbons (Fsp3) is 0.920. The van der Waals surface area contributed by atoms with Crippen molar-refractivity contribution in [3.63, 3.8) is 0 Å². The van der Waals surface area contributed by atoms with E-state index in [4.69, 9.17) is 4.84 Å². The molecule has 0 bridgehead atoms. The van der Waals surface area contributed by atoms with Crippen LogP contribution in [-0.4, -0.2) is 55.4 Å². The van der Waals surface area contributed by atoms with Crippen LogP contribution in [0, 0.1) is 34.5 Å². The molecule has 5 heteroatoms. The molecule has 0 spiro atoms. The summed E-state index contributed by atoms with van der Waals surface area (Å²) in [4.78, 5) is 21.3. The van der Waals surface area contributed by atoms with Gasteiger partial charge in [0.25, 0.3) is 0 Å². The molecule has 30 heavy (non-hydrogen) atoms. The largest absolute Gasteiger partial charge is 0.395 e. The number of hydrogen-bond acceptors (Lipinski definition) is 5. The topological polar surface area (TPSA) is 62.1 Å². The Bertz CT molecular complexity index is 622. The Labute approximate surface area is 183 Å². The van der Waals surface area contributed by atoms with E-state index < -0.39 is 0 Å². The van der Waals surface area contributed by atoms with E-state index in [2.05, 4.69) is 30.8 Å². The van der Waals surface area contributed by atoms with Crippen molar-refractivity contribution >= 4 is 12.0 Å². The molecule has 0 heterocycles. The Kier molecular flexibility index (Phi) is 7.66. The average molecular weight is 421 g/mol. The van der Waals surface area contributed by atoms with Crippen molar-refractivity contribution in [2.75, 3.05) is 27.2 Å². The molecule has 0 radical (unpaired) electrons. The van der Waals surface area contributed by atoms with Gasteiger partial charge in [0.05, 0.1) is 6.10 Å². The number of oxime groups is 1. The highest BCUT2D eigenvalue weighted by atomic mass is 16.6. The van der Waals surface area contributed by atoms with Crippen molar-refractivity contribution in [1.29, 1.82) is 0 Å². The summed E-state index contributed by atoms with van der Waals surface area (Å²) in [5, 5.41) is 14.3. The number of hydrogen-bond donors (Lipinski definition) is 1. The summed E-state index contributed by atoms with van der Waals surface area (Å²) >= 11 is 0. The summed E-state index contributed by atoms with van der Waals surface area (Å²) in [6.45, 7) is 8.29. The number of fused-ring (bicyclic) bond motifs is 3. The first-order valence-corrected chi connectivity index (χ1v) is 12.2. The van der Waals surface area contributed by atoms with E-state index in [1.54, 1.807) is 0 Å². The van der Waals surface area contributed by atoms with Crippen LogP contribution >= 0.6 is 0 Å². The summed E-state index contributed by atoms with van der Waals surface area (Å²) in [5.74, 6) is 2.14. The quantitative estimate of drug-likeness (QED) is 0.356. The van der Waals surface area contributed by atoms with Gasteiger partial charge in [0.1, 0.15) is 12.4 Å². The summed E-state index contributed by atoms with van der Waals surface area (Å²) in [6.07, 6.45) is 10.8. The number of rotatable bonds is 8. The van der Waals surface area contributed by atoms with E-state index in [0.717, 1.165) is 64.3 Å². The fourth-order valence-corrected chi connectivity index (χ4v) is 7.00. The van der Waals surface area contributed by atoms with E-state index in [-0.39, 0.29) is 22.9 Å². The molecule has 0 amide bonds. The summed E-state index contributed by atoms with van der Waals surface area (Å²) in [5.41, 5.74) is -0.00840. The van der Waals surface area contributed by atoms with Crippen molar-refractivity contribution in [2.45, 2.75) is 84.7 Å². The van der Waals surface area contributed by atoms with Crippen LogP contribution in [0.2, 0.25) is 0 Å². The van der Waals surface area contributed by atoms with Gasteiger partial charge in [0, 0.05) is 24.1 Å². The lowest BCUT2D eigenvalue weighted by atomic mass is 9.46. The lowest BCUT2D eigenvalue weighted by molar-refractivity contribution is -0.157. The molecule has 1 N–H and O–H groups in total. The SMILES string of the molecule is CC[C@@H](C/C=N/OCCN(C)C)[C@@]1(C)CCC2C(CC[C@H]3C[C@@H](O)CC[C@]23C)C1=O. The van der Waals surface area contributed by atoms with Gasteiger partial charge in [-0.2, -0.15) is 0 Å². The first kappa shape index (κ1) is 23.7. The smallest absolute Gasteiger partial charge is 0.142 e. The van der Waals surface area contributed by atoms with Crippen LogP contribution in [0.3, 0.4) is 0 Å². The Morgan fingerprint density at radius 1 is 1.23 bits per heavy atom. The minimum Gasteiger partial charge on any atom is -0.395 e. The van der Waals surface area contributed by atoms with Crippen LogP contribution in [0.15, 0.2) is 5.16 Å². The molecule has 3 aliphatic carbocycles. The fourth-order valence-electron chi connectivity index (χ4n) is 7.00. The van der Waals surface area contributed by atoms with Gasteiger partial charge in [-0.1, -0.05) is 32.3 Å². The Morgan fingerprint density at radius 2 is 2.00 bits per heavy atom. The maximum atomic E-state index is 13.8. The van der Waals surface area contributed by atoms with E-state index in [9.17, 15) is 9.90 Å². The average Bonchev–Trinajstić information content (AvgIpc) is 2.70. The maximum absolute atomic E-state index is 13.8. The molecule has 3 fully saturated rings. The second kappa shape index (κ2) is 9.68. The van der Waals surface area contributed by atoms with E-state index >= 15 is 0 Å². The van der Waals surface area contributed by atoms with Crippen LogP contribution in [0.25, 0.3) is 0 Å². The molecule has 2 unspecified atom stereocenters. The number of Topliss-reactive ketones (excluding diaryl/α,β-unsaturated/α-hetero) is 1. The molecule has 3 rings (SSSR count). The maximum Gasteiger partial charge on any atom is 0.142 e. The molecule has 3 aliphatic rings. The first-order chi connectivity index (χ1) is 14.2. The minimum absolute atomic E-state index is 0.132. The monoisotopic (exact) mass is 420 g/mol. The molecule has 3 saturated carbocycles. The Balaban J connectivity index is 1.64. The number of likely N-dealkylation sites (N-methyl/N-ethyl adjacent to an activating group) is 1. The van der Waals surface area contributed by atoms with Gasteiger partial charge < -0.3 is 14.8 Å². The molecule has 0 aromatic rings. The van der Waals surface area contributed by atoms with Crippen LogP contribution < -0.4 is 0 Å².